The Morgan fingerprint density at radius 3 is 2.66 bits per heavy atom. The molecule has 1 saturated heterocycles. The van der Waals surface area contributed by atoms with E-state index in [4.69, 9.17) is 0 Å². The number of thioether (sulfide) groups is 1. The number of rotatable bonds is 11. The third-order valence-corrected chi connectivity index (χ3v) is 9.22. The van der Waals surface area contributed by atoms with Gasteiger partial charge in [-0.3, -0.25) is 4.79 Å². The molecule has 1 fully saturated rings. The lowest BCUT2D eigenvalue weighted by molar-refractivity contribution is -0.139. The summed E-state index contributed by atoms with van der Waals surface area (Å²) in [5, 5.41) is 12.9. The molecule has 3 heterocycles. The quantitative estimate of drug-likeness (QED) is 0.341. The second-order valence-electron chi connectivity index (χ2n) is 9.58. The predicted molar refractivity (Wildman–Crippen MR) is 152 cm³/mol. The van der Waals surface area contributed by atoms with Crippen LogP contribution in [0.5, 0.6) is 0 Å². The van der Waals surface area contributed by atoms with Crippen LogP contribution >= 0.6 is 23.1 Å². The van der Waals surface area contributed by atoms with Crippen molar-refractivity contribution in [2.75, 3.05) is 26.4 Å². The highest BCUT2D eigenvalue weighted by Gasteiger charge is 2.31. The van der Waals surface area contributed by atoms with Crippen molar-refractivity contribution in [3.63, 3.8) is 0 Å². The average Bonchev–Trinajstić information content (AvgIpc) is 3.58. The van der Waals surface area contributed by atoms with Crippen LogP contribution in [0.1, 0.15) is 33.8 Å². The smallest absolute Gasteiger partial charge is 0.326 e. The first-order valence-electron chi connectivity index (χ1n) is 12.6. The molecule has 2 aromatic heterocycles. The van der Waals surface area contributed by atoms with Gasteiger partial charge < -0.3 is 19.9 Å². The Balaban J connectivity index is 1.54. The van der Waals surface area contributed by atoms with Gasteiger partial charge in [0.25, 0.3) is 5.91 Å². The summed E-state index contributed by atoms with van der Waals surface area (Å²) in [5.41, 5.74) is 1.35. The number of hydrogen-bond acceptors (Lipinski definition) is 6. The largest absolute Gasteiger partial charge is 0.480 e. The number of aromatic nitrogens is 2. The number of carbonyl (C=O) groups excluding carboxylic acids is 1. The summed E-state index contributed by atoms with van der Waals surface area (Å²) in [6.07, 6.45) is 13.6. The number of nitrogens with one attached hydrogen (secondary N) is 1. The number of piperidine rings is 1. The molecule has 1 aliphatic rings. The zero-order valence-corrected chi connectivity index (χ0v) is 23.2. The average molecular weight is 557 g/mol. The maximum Gasteiger partial charge on any atom is 0.326 e. The minimum absolute atomic E-state index is 0.145. The van der Waals surface area contributed by atoms with Crippen LogP contribution in [0.4, 0.5) is 4.39 Å². The van der Waals surface area contributed by atoms with Crippen LogP contribution in [0.2, 0.25) is 0 Å². The molecule has 1 aliphatic heterocycles. The number of carboxylic acid groups (broad SMARTS) is 1. The van der Waals surface area contributed by atoms with Crippen LogP contribution in [0.3, 0.4) is 0 Å². The number of hydrogen-bond donors (Lipinski definition) is 2. The standard InChI is InChI=1S/C28H33FN4O3S2/c1-32-13-9-20(10-14-32)25(37-2)17-24(28(35)36)31-27(34)26-23(19-5-7-21(29)8-6-19)16-22(38-26)4-3-12-33-15-11-30-18-33/h3-8,11,15-16,18,20,24-25H,9-10,12-14,17H2,1-2H3,(H,31,34)(H,35,36)/t24-,25?/m0/s1. The number of imidazole rings is 1. The van der Waals surface area contributed by atoms with E-state index in [1.54, 1.807) is 36.4 Å². The molecule has 0 radical (unpaired) electrons. The summed E-state index contributed by atoms with van der Waals surface area (Å²) >= 11 is 2.97. The molecule has 1 aromatic carbocycles. The van der Waals surface area contributed by atoms with Crippen molar-refractivity contribution in [2.24, 2.45) is 5.92 Å². The predicted octanol–water partition coefficient (Wildman–Crippen LogP) is 5.11. The molecule has 38 heavy (non-hydrogen) atoms. The fourth-order valence-electron chi connectivity index (χ4n) is 4.75. The molecule has 0 saturated carbocycles. The molecular formula is C28H33FN4O3S2. The second kappa shape index (κ2) is 13.2. The fraction of sp³-hybridized carbons (Fsp3) is 0.393. The minimum atomic E-state index is -1.04. The molecule has 2 N–H and O–H groups in total. The number of carboxylic acids is 1. The lowest BCUT2D eigenvalue weighted by atomic mass is 9.90. The Kier molecular flexibility index (Phi) is 9.76. The normalized spacial score (nSPS) is 16.5. The third kappa shape index (κ3) is 7.33. The molecule has 1 amide bonds. The molecule has 3 aromatic rings. The van der Waals surface area contributed by atoms with Crippen LogP contribution in [0.25, 0.3) is 17.2 Å². The highest BCUT2D eigenvalue weighted by molar-refractivity contribution is 7.99. The zero-order valence-electron chi connectivity index (χ0n) is 21.5. The zero-order chi connectivity index (χ0) is 27.1. The summed E-state index contributed by atoms with van der Waals surface area (Å²) in [6, 6.07) is 6.86. The molecule has 0 aliphatic carbocycles. The molecule has 2 atom stereocenters. The molecule has 4 rings (SSSR count). The maximum atomic E-state index is 13.6. The van der Waals surface area contributed by atoms with Crippen molar-refractivity contribution in [1.29, 1.82) is 0 Å². The molecular weight excluding hydrogens is 523 g/mol. The van der Waals surface area contributed by atoms with E-state index in [1.165, 1.54) is 23.5 Å². The lowest BCUT2D eigenvalue weighted by Gasteiger charge is -2.34. The fourth-order valence-corrected chi connectivity index (χ4v) is 6.81. The summed E-state index contributed by atoms with van der Waals surface area (Å²) < 4.78 is 15.5. The van der Waals surface area contributed by atoms with Crippen LogP contribution in [-0.4, -0.2) is 69.1 Å². The third-order valence-electron chi connectivity index (χ3n) is 6.93. The van der Waals surface area contributed by atoms with E-state index in [9.17, 15) is 19.1 Å². The van der Waals surface area contributed by atoms with Crippen molar-refractivity contribution in [3.8, 4) is 11.1 Å². The Bertz CT molecular complexity index is 1240. The van der Waals surface area contributed by atoms with E-state index in [-0.39, 0.29) is 11.1 Å². The van der Waals surface area contributed by atoms with E-state index < -0.39 is 17.9 Å². The van der Waals surface area contributed by atoms with Gasteiger partial charge in [-0.05, 0) is 81.4 Å². The van der Waals surface area contributed by atoms with E-state index in [2.05, 4.69) is 22.2 Å². The summed E-state index contributed by atoms with van der Waals surface area (Å²) in [6.45, 7) is 2.62. The van der Waals surface area contributed by atoms with Gasteiger partial charge in [-0.1, -0.05) is 18.2 Å². The molecule has 202 valence electrons. The van der Waals surface area contributed by atoms with Crippen LogP contribution in [-0.2, 0) is 11.3 Å². The molecule has 1 unspecified atom stereocenters. The number of carbonyl (C=O) groups is 2. The van der Waals surface area contributed by atoms with Crippen molar-refractivity contribution >= 4 is 41.1 Å². The number of likely N-dealkylation sites (tertiary alicyclic amines) is 1. The van der Waals surface area contributed by atoms with Gasteiger partial charge in [-0.25, -0.2) is 14.2 Å². The topological polar surface area (TPSA) is 87.5 Å². The van der Waals surface area contributed by atoms with Crippen molar-refractivity contribution in [3.05, 3.63) is 70.7 Å². The Morgan fingerprint density at radius 1 is 1.29 bits per heavy atom. The van der Waals surface area contributed by atoms with Gasteiger partial charge in [0.05, 0.1) is 6.33 Å². The number of benzene rings is 1. The van der Waals surface area contributed by atoms with Crippen LogP contribution < -0.4 is 5.32 Å². The molecule has 0 spiro atoms. The number of amides is 1. The SMILES string of the molecule is CSC(C[C@H](NC(=O)c1sc(C=CCn2ccnc2)cc1-c1ccc(F)cc1)C(=O)O)C1CCN(C)CC1. The van der Waals surface area contributed by atoms with E-state index in [1.807, 2.05) is 35.2 Å². The highest BCUT2D eigenvalue weighted by Crippen LogP contribution is 2.34. The number of halogens is 1. The Labute approximate surface area is 230 Å². The molecule has 7 nitrogen and oxygen atoms in total. The monoisotopic (exact) mass is 556 g/mol. The first-order chi connectivity index (χ1) is 18.3. The number of aliphatic carboxylic acids is 1. The second-order valence-corrected chi connectivity index (χ2v) is 11.7. The van der Waals surface area contributed by atoms with E-state index in [0.29, 0.717) is 34.9 Å². The summed E-state index contributed by atoms with van der Waals surface area (Å²) in [5.74, 6) is -1.41. The van der Waals surface area contributed by atoms with Gasteiger partial charge in [0.2, 0.25) is 0 Å². The van der Waals surface area contributed by atoms with Crippen LogP contribution in [0, 0.1) is 11.7 Å². The van der Waals surface area contributed by atoms with Crippen molar-refractivity contribution in [1.82, 2.24) is 19.8 Å². The van der Waals surface area contributed by atoms with Crippen LogP contribution in [0.15, 0.2) is 55.1 Å². The Hall–Kier alpha value is -2.95. The van der Waals surface area contributed by atoms with E-state index in [0.717, 1.165) is 30.8 Å². The first kappa shape index (κ1) is 28.1. The first-order valence-corrected chi connectivity index (χ1v) is 14.7. The van der Waals surface area contributed by atoms with Crippen molar-refractivity contribution < 1.29 is 19.1 Å². The number of allylic oxidation sites excluding steroid dienone is 1. The van der Waals surface area contributed by atoms with Gasteiger partial charge in [0, 0.05) is 34.6 Å². The number of nitrogens with zero attached hydrogens (tertiary/aromatic N) is 3. The van der Waals surface area contributed by atoms with E-state index >= 15 is 0 Å². The van der Waals surface area contributed by atoms with Gasteiger partial charge in [0.1, 0.15) is 16.7 Å². The minimum Gasteiger partial charge on any atom is -0.480 e. The molecule has 10 heteroatoms. The van der Waals surface area contributed by atoms with Gasteiger partial charge in [-0.15, -0.1) is 11.3 Å². The molecule has 0 bridgehead atoms. The highest BCUT2D eigenvalue weighted by atomic mass is 32.2. The Morgan fingerprint density at radius 2 is 2.03 bits per heavy atom. The summed E-state index contributed by atoms with van der Waals surface area (Å²) in [4.78, 5) is 33.3. The maximum absolute atomic E-state index is 13.6. The summed E-state index contributed by atoms with van der Waals surface area (Å²) in [7, 11) is 2.10. The number of thiophene rings is 1. The van der Waals surface area contributed by atoms with Gasteiger partial charge in [-0.2, -0.15) is 11.8 Å². The van der Waals surface area contributed by atoms with Gasteiger partial charge in [0.15, 0.2) is 0 Å². The van der Waals surface area contributed by atoms with Gasteiger partial charge >= 0.3 is 5.97 Å². The van der Waals surface area contributed by atoms with Crippen molar-refractivity contribution in [2.45, 2.75) is 37.1 Å². The lowest BCUT2D eigenvalue weighted by Crippen LogP contribution is -2.44.